The minimum Gasteiger partial charge on any atom is -0.282 e. The summed E-state index contributed by atoms with van der Waals surface area (Å²) in [5, 5.41) is 0.704. The molecule has 1 aliphatic rings. The molecule has 2 aromatic rings. The van der Waals surface area contributed by atoms with Crippen LogP contribution in [0.5, 0.6) is 0 Å². The number of carbonyl (C=O) groups is 1. The number of thioether (sulfide) groups is 1. The molecule has 0 spiro atoms. The highest BCUT2D eigenvalue weighted by Gasteiger charge is 2.24. The predicted molar refractivity (Wildman–Crippen MR) is 99.1 cm³/mol. The zero-order chi connectivity index (χ0) is 17.3. The van der Waals surface area contributed by atoms with E-state index < -0.39 is 9.84 Å². The molecule has 1 aliphatic heterocycles. The second kappa shape index (κ2) is 6.75. The van der Waals surface area contributed by atoms with Crippen LogP contribution in [0.4, 0.5) is 0 Å². The van der Waals surface area contributed by atoms with Crippen molar-refractivity contribution in [2.24, 2.45) is 0 Å². The molecule has 6 heteroatoms. The Morgan fingerprint density at radius 2 is 1.54 bits per heavy atom. The van der Waals surface area contributed by atoms with E-state index in [9.17, 15) is 13.2 Å². The second-order valence-electron chi connectivity index (χ2n) is 5.54. The summed E-state index contributed by atoms with van der Waals surface area (Å²) in [6.07, 6.45) is 1.88. The van der Waals surface area contributed by atoms with Crippen LogP contribution in [0, 0.1) is 0 Å². The molecule has 124 valence electrons. The molecule has 0 saturated carbocycles. The van der Waals surface area contributed by atoms with Crippen LogP contribution in [0.2, 0.25) is 5.02 Å². The van der Waals surface area contributed by atoms with Crippen LogP contribution in [0.15, 0.2) is 59.0 Å². The highest BCUT2D eigenvalue weighted by molar-refractivity contribution is 8.14. The molecule has 0 unspecified atom stereocenters. The molecule has 0 amide bonds. The Hall–Kier alpha value is -1.56. The number of halogens is 1. The summed E-state index contributed by atoms with van der Waals surface area (Å²) in [6.45, 7) is 0. The number of rotatable bonds is 3. The van der Waals surface area contributed by atoms with E-state index in [2.05, 4.69) is 0 Å². The summed E-state index contributed by atoms with van der Waals surface area (Å²) < 4.78 is 23.3. The van der Waals surface area contributed by atoms with Gasteiger partial charge in [0.15, 0.2) is 9.84 Å². The van der Waals surface area contributed by atoms with Gasteiger partial charge in [0, 0.05) is 22.6 Å². The number of hydrogen-bond acceptors (Lipinski definition) is 4. The van der Waals surface area contributed by atoms with Crippen molar-refractivity contribution >= 4 is 43.9 Å². The molecule has 1 heterocycles. The maximum absolute atomic E-state index is 12.2. The van der Waals surface area contributed by atoms with E-state index >= 15 is 0 Å². The van der Waals surface area contributed by atoms with Gasteiger partial charge < -0.3 is 0 Å². The highest BCUT2D eigenvalue weighted by atomic mass is 35.5. The van der Waals surface area contributed by atoms with Gasteiger partial charge in [-0.15, -0.1) is 0 Å². The highest BCUT2D eigenvalue weighted by Crippen LogP contribution is 2.36. The predicted octanol–water partition coefficient (Wildman–Crippen LogP) is 4.21. The third-order valence-electron chi connectivity index (χ3n) is 3.84. The fourth-order valence-corrected chi connectivity index (χ4v) is 4.29. The Morgan fingerprint density at radius 1 is 1.00 bits per heavy atom. The standard InChI is InChI=1S/C18H15ClO3S2/c1-24(21,22)15-8-4-13(5-9-15)17(16-10-11-23-18(16)20)12-2-6-14(19)7-3-12/h2-9H,10-11H2,1H3/b17-16+. The van der Waals surface area contributed by atoms with Crippen LogP contribution in [0.25, 0.3) is 5.57 Å². The van der Waals surface area contributed by atoms with Crippen LogP contribution in [-0.2, 0) is 14.6 Å². The van der Waals surface area contributed by atoms with E-state index in [0.29, 0.717) is 11.4 Å². The van der Waals surface area contributed by atoms with Gasteiger partial charge >= 0.3 is 0 Å². The summed E-state index contributed by atoms with van der Waals surface area (Å²) in [4.78, 5) is 12.5. The number of hydrogen-bond donors (Lipinski definition) is 0. The zero-order valence-electron chi connectivity index (χ0n) is 13.0. The van der Waals surface area contributed by atoms with E-state index in [1.165, 1.54) is 18.0 Å². The SMILES string of the molecule is CS(=O)(=O)c1ccc(/C(=C2\CCSC2=O)c2ccc(Cl)cc2)cc1. The first-order valence-electron chi connectivity index (χ1n) is 7.33. The van der Waals surface area contributed by atoms with Crippen LogP contribution in [0.1, 0.15) is 17.5 Å². The fraction of sp³-hybridized carbons (Fsp3) is 0.167. The lowest BCUT2D eigenvalue weighted by Crippen LogP contribution is -2.00. The summed E-state index contributed by atoms with van der Waals surface area (Å²) in [5.74, 6) is 0.771. The van der Waals surface area contributed by atoms with E-state index in [1.807, 2.05) is 12.1 Å². The van der Waals surface area contributed by atoms with Crippen LogP contribution >= 0.6 is 23.4 Å². The molecule has 0 N–H and O–H groups in total. The monoisotopic (exact) mass is 378 g/mol. The van der Waals surface area contributed by atoms with Gasteiger partial charge in [0.25, 0.3) is 0 Å². The first kappa shape index (κ1) is 17.3. The smallest absolute Gasteiger partial charge is 0.216 e. The molecule has 0 aliphatic carbocycles. The summed E-state index contributed by atoms with van der Waals surface area (Å²) in [5.41, 5.74) is 3.35. The first-order valence-corrected chi connectivity index (χ1v) is 10.6. The topological polar surface area (TPSA) is 51.2 Å². The van der Waals surface area contributed by atoms with Crippen molar-refractivity contribution in [1.29, 1.82) is 0 Å². The number of benzene rings is 2. The zero-order valence-corrected chi connectivity index (χ0v) is 15.3. The Labute approximate surface area is 150 Å². The van der Waals surface area contributed by atoms with Gasteiger partial charge in [-0.2, -0.15) is 0 Å². The lowest BCUT2D eigenvalue weighted by Gasteiger charge is -2.12. The Bertz CT molecular complexity index is 912. The fourth-order valence-electron chi connectivity index (χ4n) is 2.66. The summed E-state index contributed by atoms with van der Waals surface area (Å²) in [6, 6.07) is 14.0. The average Bonchev–Trinajstić information content (AvgIpc) is 2.95. The van der Waals surface area contributed by atoms with Gasteiger partial charge in [-0.05, 0) is 47.4 Å². The van der Waals surface area contributed by atoms with Gasteiger partial charge in [0.2, 0.25) is 5.12 Å². The number of sulfone groups is 1. The molecule has 3 nitrogen and oxygen atoms in total. The average molecular weight is 379 g/mol. The van der Waals surface area contributed by atoms with Gasteiger partial charge in [0.05, 0.1) is 4.90 Å². The molecule has 2 aromatic carbocycles. The Balaban J connectivity index is 2.16. The molecule has 24 heavy (non-hydrogen) atoms. The molecule has 0 aromatic heterocycles. The first-order chi connectivity index (χ1) is 11.4. The van der Waals surface area contributed by atoms with Crippen molar-refractivity contribution in [3.63, 3.8) is 0 Å². The lowest BCUT2D eigenvalue weighted by atomic mass is 9.92. The molecule has 1 fully saturated rings. The van der Waals surface area contributed by atoms with Gasteiger partial charge in [-0.1, -0.05) is 47.6 Å². The lowest BCUT2D eigenvalue weighted by molar-refractivity contribution is -0.107. The molecule has 3 rings (SSSR count). The quantitative estimate of drug-likeness (QED) is 0.751. The number of carbonyl (C=O) groups excluding carboxylic acids is 1. The third kappa shape index (κ3) is 3.58. The normalized spacial score (nSPS) is 17.2. The Kier molecular flexibility index (Phi) is 4.85. The van der Waals surface area contributed by atoms with E-state index in [4.69, 9.17) is 11.6 Å². The van der Waals surface area contributed by atoms with E-state index in [1.54, 1.807) is 36.4 Å². The molecule has 1 saturated heterocycles. The van der Waals surface area contributed by atoms with Gasteiger partial charge in [0.1, 0.15) is 0 Å². The summed E-state index contributed by atoms with van der Waals surface area (Å²) >= 11 is 7.28. The van der Waals surface area contributed by atoms with Crippen molar-refractivity contribution in [2.75, 3.05) is 12.0 Å². The van der Waals surface area contributed by atoms with Crippen LogP contribution in [0.3, 0.4) is 0 Å². The largest absolute Gasteiger partial charge is 0.282 e. The molecular formula is C18H15ClO3S2. The minimum absolute atomic E-state index is 0.0761. The van der Waals surface area contributed by atoms with Crippen LogP contribution in [-0.4, -0.2) is 25.5 Å². The minimum atomic E-state index is -3.25. The molecule has 0 atom stereocenters. The van der Waals surface area contributed by atoms with Crippen molar-refractivity contribution in [1.82, 2.24) is 0 Å². The summed E-state index contributed by atoms with van der Waals surface area (Å²) in [7, 11) is -3.25. The van der Waals surface area contributed by atoms with Crippen molar-refractivity contribution in [2.45, 2.75) is 11.3 Å². The third-order valence-corrected chi connectivity index (χ3v) is 6.13. The van der Waals surface area contributed by atoms with Gasteiger partial charge in [-0.25, -0.2) is 8.42 Å². The molecular weight excluding hydrogens is 364 g/mol. The second-order valence-corrected chi connectivity index (χ2v) is 9.06. The molecule has 0 radical (unpaired) electrons. The van der Waals surface area contributed by atoms with Crippen molar-refractivity contribution < 1.29 is 13.2 Å². The van der Waals surface area contributed by atoms with E-state index in [-0.39, 0.29) is 10.0 Å². The maximum Gasteiger partial charge on any atom is 0.216 e. The van der Waals surface area contributed by atoms with Crippen LogP contribution < -0.4 is 0 Å². The van der Waals surface area contributed by atoms with Crippen molar-refractivity contribution in [3.05, 3.63) is 70.3 Å². The maximum atomic E-state index is 12.2. The van der Waals surface area contributed by atoms with Gasteiger partial charge in [-0.3, -0.25) is 4.79 Å². The van der Waals surface area contributed by atoms with E-state index in [0.717, 1.165) is 28.0 Å². The van der Waals surface area contributed by atoms with Crippen molar-refractivity contribution in [3.8, 4) is 0 Å². The Morgan fingerprint density at radius 3 is 2.00 bits per heavy atom. The molecule has 0 bridgehead atoms.